The number of carbonyl (C=O) groups is 1. The minimum absolute atomic E-state index is 0.0201. The third kappa shape index (κ3) is 2.77. The van der Waals surface area contributed by atoms with Gasteiger partial charge in [0.05, 0.1) is 18.5 Å². The van der Waals surface area contributed by atoms with E-state index < -0.39 is 0 Å². The summed E-state index contributed by atoms with van der Waals surface area (Å²) >= 11 is 0. The Morgan fingerprint density at radius 3 is 2.77 bits per heavy atom. The molecular formula is C18H20N2O2. The van der Waals surface area contributed by atoms with E-state index in [0.717, 1.165) is 6.42 Å². The van der Waals surface area contributed by atoms with Crippen LogP contribution in [-0.2, 0) is 4.79 Å². The van der Waals surface area contributed by atoms with E-state index in [1.54, 1.807) is 25.3 Å². The maximum Gasteiger partial charge on any atom is 0.228 e. The molecule has 1 aliphatic carbocycles. The normalized spacial score (nSPS) is 19.5. The van der Waals surface area contributed by atoms with Crippen molar-refractivity contribution in [2.45, 2.75) is 19.3 Å². The lowest BCUT2D eigenvalue weighted by Crippen LogP contribution is -2.15. The van der Waals surface area contributed by atoms with Gasteiger partial charge in [-0.25, -0.2) is 0 Å². The van der Waals surface area contributed by atoms with Crippen LogP contribution in [-0.4, -0.2) is 13.0 Å². The van der Waals surface area contributed by atoms with Crippen molar-refractivity contribution < 1.29 is 9.53 Å². The summed E-state index contributed by atoms with van der Waals surface area (Å²) in [6.07, 6.45) is 0.889. The van der Waals surface area contributed by atoms with E-state index >= 15 is 0 Å². The van der Waals surface area contributed by atoms with Gasteiger partial charge in [0.1, 0.15) is 5.75 Å². The van der Waals surface area contributed by atoms with Crippen LogP contribution in [0.25, 0.3) is 0 Å². The lowest BCUT2D eigenvalue weighted by molar-refractivity contribution is -0.117. The number of benzene rings is 2. The van der Waals surface area contributed by atoms with Gasteiger partial charge < -0.3 is 15.8 Å². The minimum atomic E-state index is 0.0201. The molecule has 4 heteroatoms. The lowest BCUT2D eigenvalue weighted by Gasteiger charge is -2.10. The average molecular weight is 296 g/mol. The molecule has 3 N–H and O–H groups in total. The molecule has 1 fully saturated rings. The molecule has 114 valence electrons. The molecule has 0 aromatic heterocycles. The number of nitrogen functional groups attached to an aromatic ring is 1. The van der Waals surface area contributed by atoms with Gasteiger partial charge in [-0.05, 0) is 42.5 Å². The zero-order chi connectivity index (χ0) is 15.7. The Kier molecular flexibility index (Phi) is 3.75. The lowest BCUT2D eigenvalue weighted by atomic mass is 10.0. The van der Waals surface area contributed by atoms with E-state index in [4.69, 9.17) is 10.5 Å². The first-order valence-electron chi connectivity index (χ1n) is 7.40. The summed E-state index contributed by atoms with van der Waals surface area (Å²) in [5, 5.41) is 2.92. The summed E-state index contributed by atoms with van der Waals surface area (Å²) in [7, 11) is 1.59. The van der Waals surface area contributed by atoms with Gasteiger partial charge in [-0.3, -0.25) is 4.79 Å². The van der Waals surface area contributed by atoms with Crippen molar-refractivity contribution in [3.8, 4) is 5.75 Å². The molecule has 2 atom stereocenters. The third-order valence-corrected chi connectivity index (χ3v) is 4.23. The van der Waals surface area contributed by atoms with E-state index in [0.29, 0.717) is 23.0 Å². The van der Waals surface area contributed by atoms with Crippen LogP contribution in [0.2, 0.25) is 0 Å². The Morgan fingerprint density at radius 2 is 2.05 bits per heavy atom. The summed E-state index contributed by atoms with van der Waals surface area (Å²) in [6, 6.07) is 13.5. The number of rotatable bonds is 4. The zero-order valence-corrected chi connectivity index (χ0v) is 12.8. The molecule has 0 saturated heterocycles. The number of anilines is 2. The first-order valence-corrected chi connectivity index (χ1v) is 7.40. The molecule has 1 aliphatic rings. The second kappa shape index (κ2) is 5.72. The molecule has 3 rings (SSSR count). The number of methoxy groups -OCH3 is 1. The molecule has 4 nitrogen and oxygen atoms in total. The van der Waals surface area contributed by atoms with Crippen molar-refractivity contribution in [2.24, 2.45) is 5.92 Å². The Morgan fingerprint density at radius 1 is 1.27 bits per heavy atom. The van der Waals surface area contributed by atoms with Crippen molar-refractivity contribution in [1.29, 1.82) is 0 Å². The first kappa shape index (κ1) is 14.4. The molecule has 0 spiro atoms. The predicted octanol–water partition coefficient (Wildman–Crippen LogP) is 3.33. The monoisotopic (exact) mass is 296 g/mol. The fourth-order valence-corrected chi connectivity index (χ4v) is 2.83. The highest BCUT2D eigenvalue weighted by Crippen LogP contribution is 2.49. The van der Waals surface area contributed by atoms with Crippen LogP contribution in [0.3, 0.4) is 0 Å². The number of carbonyl (C=O) groups excluding carboxylic acids is 1. The molecule has 0 bridgehead atoms. The van der Waals surface area contributed by atoms with Crippen LogP contribution in [0.15, 0.2) is 42.5 Å². The highest BCUT2D eigenvalue weighted by Gasteiger charge is 2.44. The number of aryl methyl sites for hydroxylation is 1. The molecule has 1 amide bonds. The van der Waals surface area contributed by atoms with Crippen molar-refractivity contribution in [1.82, 2.24) is 0 Å². The highest BCUT2D eigenvalue weighted by molar-refractivity contribution is 5.97. The van der Waals surface area contributed by atoms with Crippen molar-refractivity contribution in [3.63, 3.8) is 0 Å². The molecule has 0 heterocycles. The molecule has 1 saturated carbocycles. The quantitative estimate of drug-likeness (QED) is 0.851. The zero-order valence-electron chi connectivity index (χ0n) is 12.8. The van der Waals surface area contributed by atoms with Crippen molar-refractivity contribution in [2.75, 3.05) is 18.2 Å². The van der Waals surface area contributed by atoms with Gasteiger partial charge in [-0.1, -0.05) is 24.3 Å². The van der Waals surface area contributed by atoms with Crippen LogP contribution in [0, 0.1) is 12.8 Å². The van der Waals surface area contributed by atoms with Crippen LogP contribution < -0.4 is 15.8 Å². The van der Waals surface area contributed by atoms with Crippen LogP contribution >= 0.6 is 0 Å². The number of hydrogen-bond donors (Lipinski definition) is 2. The first-order chi connectivity index (χ1) is 10.6. The number of ether oxygens (including phenoxy) is 1. The van der Waals surface area contributed by atoms with Gasteiger partial charge in [0.25, 0.3) is 0 Å². The molecule has 2 unspecified atom stereocenters. The summed E-state index contributed by atoms with van der Waals surface area (Å²) in [6.45, 7) is 2.09. The number of nitrogens with one attached hydrogen (secondary N) is 1. The Bertz CT molecular complexity index is 712. The summed E-state index contributed by atoms with van der Waals surface area (Å²) < 4.78 is 5.17. The van der Waals surface area contributed by atoms with Crippen molar-refractivity contribution >= 4 is 17.3 Å². The van der Waals surface area contributed by atoms with Gasteiger partial charge >= 0.3 is 0 Å². The summed E-state index contributed by atoms with van der Waals surface area (Å²) in [5.41, 5.74) is 9.57. The molecule has 22 heavy (non-hydrogen) atoms. The topological polar surface area (TPSA) is 64.3 Å². The minimum Gasteiger partial charge on any atom is -0.497 e. The molecule has 2 aromatic rings. The van der Waals surface area contributed by atoms with Crippen LogP contribution in [0.5, 0.6) is 5.75 Å². The maximum absolute atomic E-state index is 12.4. The third-order valence-electron chi connectivity index (χ3n) is 4.23. The van der Waals surface area contributed by atoms with E-state index in [2.05, 4.69) is 24.4 Å². The Hall–Kier alpha value is -2.49. The van der Waals surface area contributed by atoms with Gasteiger partial charge in [0.15, 0.2) is 0 Å². The molecule has 2 aromatic carbocycles. The SMILES string of the molecule is COc1ccc(N)c(NC(=O)C2CC2c2ccccc2C)c1. The Labute approximate surface area is 130 Å². The summed E-state index contributed by atoms with van der Waals surface area (Å²) in [5.74, 6) is 1.03. The summed E-state index contributed by atoms with van der Waals surface area (Å²) in [4.78, 5) is 12.4. The number of hydrogen-bond acceptors (Lipinski definition) is 3. The smallest absolute Gasteiger partial charge is 0.228 e. The standard InChI is InChI=1S/C18H20N2O2/c1-11-5-3-4-6-13(11)14-10-15(14)18(21)20-17-9-12(22-2)7-8-16(17)19/h3-9,14-15H,10,19H2,1-2H3,(H,20,21). The van der Waals surface area contributed by atoms with Crippen LogP contribution in [0.1, 0.15) is 23.5 Å². The number of nitrogens with two attached hydrogens (primary N) is 1. The Balaban J connectivity index is 1.71. The van der Waals surface area contributed by atoms with Gasteiger partial charge in [-0.2, -0.15) is 0 Å². The largest absolute Gasteiger partial charge is 0.497 e. The molecule has 0 radical (unpaired) electrons. The fraction of sp³-hybridized carbons (Fsp3) is 0.278. The van der Waals surface area contributed by atoms with Crippen LogP contribution in [0.4, 0.5) is 11.4 Å². The van der Waals surface area contributed by atoms with E-state index in [1.165, 1.54) is 11.1 Å². The van der Waals surface area contributed by atoms with Crippen molar-refractivity contribution in [3.05, 3.63) is 53.6 Å². The van der Waals surface area contributed by atoms with E-state index in [9.17, 15) is 4.79 Å². The second-order valence-corrected chi connectivity index (χ2v) is 5.75. The van der Waals surface area contributed by atoms with Gasteiger partial charge in [0.2, 0.25) is 5.91 Å². The second-order valence-electron chi connectivity index (χ2n) is 5.75. The van der Waals surface area contributed by atoms with E-state index in [1.807, 2.05) is 12.1 Å². The number of amides is 1. The van der Waals surface area contributed by atoms with E-state index in [-0.39, 0.29) is 11.8 Å². The van der Waals surface area contributed by atoms with Gasteiger partial charge in [-0.15, -0.1) is 0 Å². The highest BCUT2D eigenvalue weighted by atomic mass is 16.5. The van der Waals surface area contributed by atoms with Gasteiger partial charge in [0, 0.05) is 12.0 Å². The predicted molar refractivity (Wildman–Crippen MR) is 88.1 cm³/mol. The molecular weight excluding hydrogens is 276 g/mol. The molecule has 0 aliphatic heterocycles. The fourth-order valence-electron chi connectivity index (χ4n) is 2.83. The maximum atomic E-state index is 12.4. The average Bonchev–Trinajstić information content (AvgIpc) is 3.30.